The third kappa shape index (κ3) is 4.41. The minimum absolute atomic E-state index is 0.563. The molecule has 0 atom stereocenters. The second-order valence-electron chi connectivity index (χ2n) is 7.47. The first-order chi connectivity index (χ1) is 16.3. The van der Waals surface area contributed by atoms with E-state index in [9.17, 15) is 0 Å². The number of tetrazole rings is 1. The van der Waals surface area contributed by atoms with Crippen molar-refractivity contribution >= 4 is 0 Å². The zero-order valence-corrected chi connectivity index (χ0v) is 18.1. The lowest BCUT2D eigenvalue weighted by molar-refractivity contribution is 0.653. The molecular weight excluding hydrogens is 410 g/mol. The SMILES string of the molecule is CC#CCc1nc(-c2ccccc2)nn1Cc1ccc(-c2ccccc2-c2nnn[nH]2)cc1. The van der Waals surface area contributed by atoms with Crippen LogP contribution in [0, 0.1) is 11.8 Å². The quantitative estimate of drug-likeness (QED) is 0.403. The van der Waals surface area contributed by atoms with E-state index in [1.54, 1.807) is 0 Å². The Bertz CT molecular complexity index is 1410. The summed E-state index contributed by atoms with van der Waals surface area (Å²) in [5, 5.41) is 19.1. The first-order valence-electron chi connectivity index (χ1n) is 10.6. The highest BCUT2D eigenvalue weighted by atomic mass is 15.5. The number of nitrogens with one attached hydrogen (secondary N) is 1. The molecule has 33 heavy (non-hydrogen) atoms. The molecule has 2 aromatic heterocycles. The van der Waals surface area contributed by atoms with Crippen molar-refractivity contribution < 1.29 is 0 Å². The molecule has 0 fully saturated rings. The summed E-state index contributed by atoms with van der Waals surface area (Å²) < 4.78 is 1.94. The van der Waals surface area contributed by atoms with Crippen molar-refractivity contribution in [2.75, 3.05) is 0 Å². The third-order valence-corrected chi connectivity index (χ3v) is 5.33. The van der Waals surface area contributed by atoms with Crippen LogP contribution in [0.3, 0.4) is 0 Å². The van der Waals surface area contributed by atoms with E-state index in [-0.39, 0.29) is 0 Å². The Kier molecular flexibility index (Phi) is 5.72. The normalized spacial score (nSPS) is 10.6. The highest BCUT2D eigenvalue weighted by molar-refractivity contribution is 5.80. The van der Waals surface area contributed by atoms with Crippen molar-refractivity contribution in [3.63, 3.8) is 0 Å². The van der Waals surface area contributed by atoms with Gasteiger partial charge in [0.25, 0.3) is 0 Å². The Morgan fingerprint density at radius 1 is 0.848 bits per heavy atom. The molecule has 0 saturated carbocycles. The zero-order valence-electron chi connectivity index (χ0n) is 18.1. The number of rotatable bonds is 6. The molecule has 7 heteroatoms. The molecule has 0 amide bonds. The molecule has 7 nitrogen and oxygen atoms in total. The van der Waals surface area contributed by atoms with E-state index < -0.39 is 0 Å². The van der Waals surface area contributed by atoms with Crippen molar-refractivity contribution in [2.24, 2.45) is 0 Å². The van der Waals surface area contributed by atoms with Gasteiger partial charge in [0.1, 0.15) is 5.82 Å². The van der Waals surface area contributed by atoms with Gasteiger partial charge in [-0.1, -0.05) is 84.8 Å². The first kappa shape index (κ1) is 20.3. The molecule has 5 aromatic rings. The summed E-state index contributed by atoms with van der Waals surface area (Å²) in [6.45, 7) is 2.46. The molecule has 0 saturated heterocycles. The molecule has 3 aromatic carbocycles. The Balaban J connectivity index is 1.43. The third-order valence-electron chi connectivity index (χ3n) is 5.33. The Morgan fingerprint density at radius 2 is 1.61 bits per heavy atom. The van der Waals surface area contributed by atoms with Gasteiger partial charge in [0, 0.05) is 11.1 Å². The highest BCUT2D eigenvalue weighted by Gasteiger charge is 2.13. The van der Waals surface area contributed by atoms with Crippen LogP contribution in [0.2, 0.25) is 0 Å². The van der Waals surface area contributed by atoms with Gasteiger partial charge in [0.2, 0.25) is 0 Å². The fourth-order valence-electron chi connectivity index (χ4n) is 3.69. The van der Waals surface area contributed by atoms with Gasteiger partial charge in [0.15, 0.2) is 11.6 Å². The first-order valence-corrected chi connectivity index (χ1v) is 10.6. The van der Waals surface area contributed by atoms with Crippen LogP contribution < -0.4 is 0 Å². The standard InChI is InChI=1S/C26H21N7/c1-2-3-13-24-27-25(21-9-5-4-6-10-21)30-33(24)18-19-14-16-20(17-15-19)22-11-7-8-12-23(22)26-28-31-32-29-26/h4-12,14-17H,13,18H2,1H3,(H,28,29,31,32). The smallest absolute Gasteiger partial charge is 0.181 e. The van der Waals surface area contributed by atoms with Crippen molar-refractivity contribution in [3.8, 4) is 45.7 Å². The van der Waals surface area contributed by atoms with Gasteiger partial charge < -0.3 is 0 Å². The summed E-state index contributed by atoms with van der Waals surface area (Å²) in [6.07, 6.45) is 0.563. The summed E-state index contributed by atoms with van der Waals surface area (Å²) in [6, 6.07) is 26.5. The van der Waals surface area contributed by atoms with Crippen molar-refractivity contribution in [3.05, 3.63) is 90.3 Å². The molecule has 2 heterocycles. The molecule has 0 unspecified atom stereocenters. The minimum atomic E-state index is 0.563. The number of aromatic amines is 1. The maximum absolute atomic E-state index is 4.77. The van der Waals surface area contributed by atoms with Crippen LogP contribution in [0.15, 0.2) is 78.9 Å². The maximum Gasteiger partial charge on any atom is 0.181 e. The summed E-state index contributed by atoms with van der Waals surface area (Å²) in [4.78, 5) is 4.75. The Morgan fingerprint density at radius 3 is 2.33 bits per heavy atom. The van der Waals surface area contributed by atoms with Gasteiger partial charge in [-0.25, -0.2) is 14.8 Å². The number of aromatic nitrogens is 7. The topological polar surface area (TPSA) is 85.2 Å². The van der Waals surface area contributed by atoms with E-state index >= 15 is 0 Å². The van der Waals surface area contributed by atoms with E-state index in [0.29, 0.717) is 18.8 Å². The Hall–Kier alpha value is -4.57. The van der Waals surface area contributed by atoms with E-state index in [4.69, 9.17) is 10.1 Å². The van der Waals surface area contributed by atoms with Crippen LogP contribution in [0.25, 0.3) is 33.9 Å². The fourth-order valence-corrected chi connectivity index (χ4v) is 3.69. The maximum atomic E-state index is 4.77. The predicted octanol–water partition coefficient (Wildman–Crippen LogP) is 4.41. The minimum Gasteiger partial charge on any atom is -0.244 e. The summed E-state index contributed by atoms with van der Waals surface area (Å²) in [5.74, 6) is 8.28. The predicted molar refractivity (Wildman–Crippen MR) is 127 cm³/mol. The fraction of sp³-hybridized carbons (Fsp3) is 0.115. The number of H-pyrrole nitrogens is 1. The lowest BCUT2D eigenvalue weighted by Crippen LogP contribution is -2.06. The van der Waals surface area contributed by atoms with Crippen LogP contribution in [0.4, 0.5) is 0 Å². The molecule has 0 spiro atoms. The number of benzene rings is 3. The van der Waals surface area contributed by atoms with E-state index in [1.165, 1.54) is 0 Å². The van der Waals surface area contributed by atoms with Crippen molar-refractivity contribution in [1.29, 1.82) is 0 Å². The second-order valence-corrected chi connectivity index (χ2v) is 7.47. The summed E-state index contributed by atoms with van der Waals surface area (Å²) in [7, 11) is 0. The second kappa shape index (κ2) is 9.28. The zero-order chi connectivity index (χ0) is 22.5. The summed E-state index contributed by atoms with van der Waals surface area (Å²) in [5.41, 5.74) is 5.24. The number of hydrogen-bond donors (Lipinski definition) is 1. The molecule has 0 aliphatic rings. The molecule has 5 rings (SSSR count). The van der Waals surface area contributed by atoms with E-state index in [1.807, 2.05) is 60.1 Å². The van der Waals surface area contributed by atoms with Gasteiger partial charge in [-0.3, -0.25) is 0 Å². The molecule has 0 radical (unpaired) electrons. The van der Waals surface area contributed by atoms with Crippen LogP contribution in [-0.4, -0.2) is 35.4 Å². The lowest BCUT2D eigenvalue weighted by atomic mass is 9.98. The molecular formula is C26H21N7. The molecule has 0 aliphatic heterocycles. The van der Waals surface area contributed by atoms with Crippen LogP contribution in [0.5, 0.6) is 0 Å². The van der Waals surface area contributed by atoms with Gasteiger partial charge >= 0.3 is 0 Å². The largest absolute Gasteiger partial charge is 0.244 e. The molecule has 0 bridgehead atoms. The van der Waals surface area contributed by atoms with Gasteiger partial charge in [-0.05, 0) is 34.0 Å². The monoisotopic (exact) mass is 431 g/mol. The molecule has 1 N–H and O–H groups in total. The number of hydrogen-bond acceptors (Lipinski definition) is 5. The van der Waals surface area contributed by atoms with Crippen LogP contribution >= 0.6 is 0 Å². The van der Waals surface area contributed by atoms with Crippen molar-refractivity contribution in [2.45, 2.75) is 19.9 Å². The number of nitrogens with zero attached hydrogens (tertiary/aromatic N) is 6. The molecule has 0 aliphatic carbocycles. The average molecular weight is 432 g/mol. The van der Waals surface area contributed by atoms with Crippen LogP contribution in [0.1, 0.15) is 18.3 Å². The van der Waals surface area contributed by atoms with E-state index in [2.05, 4.69) is 62.8 Å². The van der Waals surface area contributed by atoms with Crippen molar-refractivity contribution in [1.82, 2.24) is 35.4 Å². The lowest BCUT2D eigenvalue weighted by Gasteiger charge is -2.09. The average Bonchev–Trinajstić information content (AvgIpc) is 3.54. The van der Waals surface area contributed by atoms with Gasteiger partial charge in [0.05, 0.1) is 13.0 Å². The molecule has 160 valence electrons. The van der Waals surface area contributed by atoms with Gasteiger partial charge in [-0.2, -0.15) is 5.10 Å². The Labute approximate surface area is 191 Å². The summed E-state index contributed by atoms with van der Waals surface area (Å²) >= 11 is 0. The van der Waals surface area contributed by atoms with Gasteiger partial charge in [-0.15, -0.1) is 11.0 Å². The van der Waals surface area contributed by atoms with E-state index in [0.717, 1.165) is 39.5 Å². The highest BCUT2D eigenvalue weighted by Crippen LogP contribution is 2.29. The van der Waals surface area contributed by atoms with Crippen LogP contribution in [-0.2, 0) is 13.0 Å².